The Morgan fingerprint density at radius 2 is 1.67 bits per heavy atom. The molecule has 0 spiro atoms. The van der Waals surface area contributed by atoms with Gasteiger partial charge in [0.1, 0.15) is 0 Å². The van der Waals surface area contributed by atoms with E-state index in [1.807, 2.05) is 0 Å². The van der Waals surface area contributed by atoms with Crippen LogP contribution in [0.15, 0.2) is 36.5 Å². The van der Waals surface area contributed by atoms with E-state index in [4.69, 9.17) is 0 Å². The average molecular weight is 118 g/mol. The third-order valence-electron chi connectivity index (χ3n) is 2.16. The van der Waals surface area contributed by atoms with E-state index >= 15 is 0 Å². The van der Waals surface area contributed by atoms with Gasteiger partial charge in [-0.2, -0.15) is 0 Å². The molecule has 2 rings (SSSR count). The predicted molar refractivity (Wildman–Crippen MR) is 39.0 cm³/mol. The van der Waals surface area contributed by atoms with E-state index in [9.17, 15) is 0 Å². The maximum absolute atomic E-state index is 2.26. The van der Waals surface area contributed by atoms with E-state index in [-0.39, 0.29) is 0 Å². The van der Waals surface area contributed by atoms with Gasteiger partial charge in [-0.25, -0.2) is 0 Å². The number of hydrogen-bond donors (Lipinski definition) is 0. The monoisotopic (exact) mass is 118 g/mol. The van der Waals surface area contributed by atoms with E-state index in [0.29, 0.717) is 11.3 Å². The molecule has 2 aliphatic rings. The minimum absolute atomic E-state index is 0.406. The quantitative estimate of drug-likeness (QED) is 0.463. The Morgan fingerprint density at radius 3 is 2.11 bits per heavy atom. The highest BCUT2D eigenvalue weighted by Crippen LogP contribution is 2.44. The Labute approximate surface area is 55.6 Å². The maximum Gasteiger partial charge on any atom is 0.0131 e. The highest BCUT2D eigenvalue weighted by Gasteiger charge is 2.34. The first-order valence-electron chi connectivity index (χ1n) is 3.37. The van der Waals surface area contributed by atoms with Gasteiger partial charge in [0.2, 0.25) is 0 Å². The molecule has 0 aromatic heterocycles. The fourth-order valence-corrected chi connectivity index (χ4v) is 1.20. The van der Waals surface area contributed by atoms with Gasteiger partial charge in [-0.15, -0.1) is 0 Å². The van der Waals surface area contributed by atoms with Gasteiger partial charge in [0, 0.05) is 11.3 Å². The first kappa shape index (κ1) is 5.04. The Bertz CT molecular complexity index is 188. The van der Waals surface area contributed by atoms with Crippen LogP contribution >= 0.6 is 0 Å². The molecule has 0 heteroatoms. The molecule has 0 N–H and O–H groups in total. The molecular formula is C9H10. The van der Waals surface area contributed by atoms with Crippen LogP contribution < -0.4 is 0 Å². The molecular weight excluding hydrogens is 108 g/mol. The van der Waals surface area contributed by atoms with Crippen LogP contribution in [0.2, 0.25) is 0 Å². The van der Waals surface area contributed by atoms with Crippen LogP contribution in [0.1, 0.15) is 6.92 Å². The van der Waals surface area contributed by atoms with Gasteiger partial charge < -0.3 is 0 Å². The normalized spacial score (nSPS) is 27.7. The lowest BCUT2D eigenvalue weighted by atomic mass is 9.90. The Morgan fingerprint density at radius 1 is 1.11 bits per heavy atom. The van der Waals surface area contributed by atoms with Crippen LogP contribution in [-0.4, -0.2) is 0 Å². The Kier molecular flexibility index (Phi) is 0.774. The second-order valence-electron chi connectivity index (χ2n) is 2.99. The van der Waals surface area contributed by atoms with Crippen LogP contribution in [0.25, 0.3) is 0 Å². The molecule has 0 aromatic rings. The summed E-state index contributed by atoms with van der Waals surface area (Å²) in [6, 6.07) is 0. The van der Waals surface area contributed by atoms with Gasteiger partial charge in [-0.3, -0.25) is 0 Å². The van der Waals surface area contributed by atoms with Crippen molar-refractivity contribution in [3.05, 3.63) is 36.5 Å². The first-order valence-corrected chi connectivity index (χ1v) is 3.37. The molecule has 2 aliphatic carbocycles. The number of rotatable bonds is 1. The predicted octanol–water partition coefficient (Wildman–Crippen LogP) is 2.30. The smallest absolute Gasteiger partial charge is 0.0131 e. The molecule has 0 fully saturated rings. The zero-order chi connectivity index (χ0) is 6.32. The molecule has 0 saturated heterocycles. The van der Waals surface area contributed by atoms with Crippen molar-refractivity contribution in [1.82, 2.24) is 0 Å². The second-order valence-corrected chi connectivity index (χ2v) is 2.99. The van der Waals surface area contributed by atoms with Crippen molar-refractivity contribution in [2.75, 3.05) is 0 Å². The molecule has 0 saturated carbocycles. The van der Waals surface area contributed by atoms with Crippen molar-refractivity contribution in [2.24, 2.45) is 11.3 Å². The lowest BCUT2D eigenvalue weighted by molar-refractivity contribution is 0.541. The standard InChI is InChI=1S/C9H10/c1-9(6-7-9)8-4-2-3-5-8/h2-8H,1H3. The zero-order valence-electron chi connectivity index (χ0n) is 5.54. The van der Waals surface area contributed by atoms with Crippen LogP contribution in [0.3, 0.4) is 0 Å². The van der Waals surface area contributed by atoms with Gasteiger partial charge in [-0.05, 0) is 0 Å². The van der Waals surface area contributed by atoms with Crippen LogP contribution in [-0.2, 0) is 0 Å². The molecule has 0 radical (unpaired) electrons. The summed E-state index contributed by atoms with van der Waals surface area (Å²) in [6.45, 7) is 2.26. The minimum Gasteiger partial charge on any atom is -0.0770 e. The topological polar surface area (TPSA) is 0 Å². The average Bonchev–Trinajstić information content (AvgIpc) is 2.46. The van der Waals surface area contributed by atoms with Gasteiger partial charge in [0.05, 0.1) is 0 Å². The molecule has 0 aromatic carbocycles. The fourth-order valence-electron chi connectivity index (χ4n) is 1.20. The molecule has 0 nitrogen and oxygen atoms in total. The third kappa shape index (κ3) is 0.663. The van der Waals surface area contributed by atoms with Crippen molar-refractivity contribution in [3.63, 3.8) is 0 Å². The molecule has 0 aliphatic heterocycles. The summed E-state index contributed by atoms with van der Waals surface area (Å²) in [6.07, 6.45) is 13.3. The zero-order valence-corrected chi connectivity index (χ0v) is 5.54. The number of hydrogen-bond acceptors (Lipinski definition) is 0. The summed E-state index contributed by atoms with van der Waals surface area (Å²) in [4.78, 5) is 0. The summed E-state index contributed by atoms with van der Waals surface area (Å²) in [7, 11) is 0. The highest BCUT2D eigenvalue weighted by molar-refractivity contribution is 5.35. The van der Waals surface area contributed by atoms with Crippen molar-refractivity contribution in [3.8, 4) is 0 Å². The molecule has 46 valence electrons. The highest BCUT2D eigenvalue weighted by atomic mass is 14.4. The van der Waals surface area contributed by atoms with E-state index < -0.39 is 0 Å². The van der Waals surface area contributed by atoms with Crippen molar-refractivity contribution in [1.29, 1.82) is 0 Å². The first-order chi connectivity index (χ1) is 4.31. The Hall–Kier alpha value is -0.780. The van der Waals surface area contributed by atoms with Crippen molar-refractivity contribution >= 4 is 0 Å². The lowest BCUT2D eigenvalue weighted by Gasteiger charge is -2.12. The van der Waals surface area contributed by atoms with Crippen molar-refractivity contribution < 1.29 is 0 Å². The van der Waals surface area contributed by atoms with E-state index in [1.54, 1.807) is 0 Å². The Balaban J connectivity index is 2.15. The van der Waals surface area contributed by atoms with Gasteiger partial charge in [0.25, 0.3) is 0 Å². The van der Waals surface area contributed by atoms with E-state index in [1.165, 1.54) is 0 Å². The fraction of sp³-hybridized carbons (Fsp3) is 0.333. The molecule has 0 heterocycles. The largest absolute Gasteiger partial charge is 0.0770 e. The summed E-state index contributed by atoms with van der Waals surface area (Å²) in [5.41, 5.74) is 0.406. The summed E-state index contributed by atoms with van der Waals surface area (Å²) >= 11 is 0. The molecule has 0 atom stereocenters. The minimum atomic E-state index is 0.406. The summed E-state index contributed by atoms with van der Waals surface area (Å²) < 4.78 is 0. The van der Waals surface area contributed by atoms with Crippen LogP contribution in [0.4, 0.5) is 0 Å². The van der Waals surface area contributed by atoms with Crippen LogP contribution in [0.5, 0.6) is 0 Å². The lowest BCUT2D eigenvalue weighted by Crippen LogP contribution is -2.06. The van der Waals surface area contributed by atoms with E-state index in [2.05, 4.69) is 43.4 Å². The summed E-state index contributed by atoms with van der Waals surface area (Å²) in [5, 5.41) is 0. The molecule has 0 amide bonds. The van der Waals surface area contributed by atoms with Crippen LogP contribution in [0, 0.1) is 11.3 Å². The summed E-state index contributed by atoms with van der Waals surface area (Å²) in [5.74, 6) is 0.650. The third-order valence-corrected chi connectivity index (χ3v) is 2.16. The molecule has 0 unspecified atom stereocenters. The maximum atomic E-state index is 2.26. The van der Waals surface area contributed by atoms with Gasteiger partial charge in [-0.1, -0.05) is 43.4 Å². The second kappa shape index (κ2) is 1.38. The van der Waals surface area contributed by atoms with E-state index in [0.717, 1.165) is 0 Å². The van der Waals surface area contributed by atoms with Crippen molar-refractivity contribution in [2.45, 2.75) is 6.92 Å². The molecule has 9 heavy (non-hydrogen) atoms. The van der Waals surface area contributed by atoms with Gasteiger partial charge >= 0.3 is 0 Å². The molecule has 0 bridgehead atoms. The van der Waals surface area contributed by atoms with Gasteiger partial charge in [0.15, 0.2) is 0 Å². The SMILES string of the molecule is CC1(C2C=CC=C2)C=C1. The number of allylic oxidation sites excluding steroid dienone is 6.